The largest absolute Gasteiger partial charge is 0.259 e. The van der Waals surface area contributed by atoms with Crippen LogP contribution in [-0.4, -0.2) is 31.0 Å². The number of nitrogens with zero attached hydrogens (tertiary/aromatic N) is 1. The summed E-state index contributed by atoms with van der Waals surface area (Å²) >= 11 is 0. The molecule has 0 spiro atoms. The molecule has 0 heterocycles. The molecule has 118 valence electrons. The van der Waals surface area contributed by atoms with E-state index in [1.807, 2.05) is 30.3 Å². The standard InChI is InChI=1S/C16H19NO3S2/c1-17(2)22(19,20)16-10-6-9-15(11-16)13-21(18)12-14-7-4-3-5-8-14/h3-11H,12-13H2,1-2H3. The summed E-state index contributed by atoms with van der Waals surface area (Å²) in [6, 6.07) is 16.3. The molecule has 2 rings (SSSR count). The molecular weight excluding hydrogens is 318 g/mol. The van der Waals surface area contributed by atoms with Crippen molar-refractivity contribution in [1.29, 1.82) is 0 Å². The van der Waals surface area contributed by atoms with Crippen LogP contribution in [0.2, 0.25) is 0 Å². The molecule has 1 unspecified atom stereocenters. The highest BCUT2D eigenvalue weighted by Gasteiger charge is 2.17. The van der Waals surface area contributed by atoms with Crippen molar-refractivity contribution < 1.29 is 12.6 Å². The summed E-state index contributed by atoms with van der Waals surface area (Å²) in [5, 5.41) is 0. The molecule has 0 N–H and O–H groups in total. The van der Waals surface area contributed by atoms with Gasteiger partial charge in [0.25, 0.3) is 0 Å². The van der Waals surface area contributed by atoms with Crippen molar-refractivity contribution in [3.8, 4) is 0 Å². The van der Waals surface area contributed by atoms with Gasteiger partial charge in [-0.05, 0) is 23.3 Å². The quantitative estimate of drug-likeness (QED) is 0.813. The Balaban J connectivity index is 2.12. The van der Waals surface area contributed by atoms with Gasteiger partial charge in [0.1, 0.15) is 0 Å². The lowest BCUT2D eigenvalue weighted by atomic mass is 10.2. The summed E-state index contributed by atoms with van der Waals surface area (Å²) in [6.45, 7) is 0. The molecule has 1 atom stereocenters. The van der Waals surface area contributed by atoms with Crippen LogP contribution in [0.1, 0.15) is 11.1 Å². The van der Waals surface area contributed by atoms with E-state index < -0.39 is 20.8 Å². The predicted octanol–water partition coefficient (Wildman–Crippen LogP) is 2.39. The Morgan fingerprint density at radius 1 is 0.909 bits per heavy atom. The van der Waals surface area contributed by atoms with E-state index in [-0.39, 0.29) is 4.90 Å². The van der Waals surface area contributed by atoms with Crippen LogP contribution in [0.4, 0.5) is 0 Å². The molecule has 0 saturated carbocycles. The zero-order valence-corrected chi connectivity index (χ0v) is 14.2. The highest BCUT2D eigenvalue weighted by atomic mass is 32.2. The summed E-state index contributed by atoms with van der Waals surface area (Å²) < 4.78 is 37.6. The van der Waals surface area contributed by atoms with Crippen molar-refractivity contribution >= 4 is 20.8 Å². The van der Waals surface area contributed by atoms with Crippen molar-refractivity contribution in [3.63, 3.8) is 0 Å². The van der Waals surface area contributed by atoms with Gasteiger partial charge in [0, 0.05) is 36.4 Å². The van der Waals surface area contributed by atoms with Gasteiger partial charge in [-0.1, -0.05) is 42.5 Å². The van der Waals surface area contributed by atoms with Crippen LogP contribution in [0.15, 0.2) is 59.5 Å². The molecule has 0 aliphatic carbocycles. The monoisotopic (exact) mass is 337 g/mol. The molecule has 0 amide bonds. The molecule has 0 aliphatic heterocycles. The van der Waals surface area contributed by atoms with Crippen LogP contribution >= 0.6 is 0 Å². The van der Waals surface area contributed by atoms with Gasteiger partial charge in [-0.2, -0.15) is 0 Å². The molecule has 6 heteroatoms. The number of benzene rings is 2. The van der Waals surface area contributed by atoms with E-state index in [4.69, 9.17) is 0 Å². The van der Waals surface area contributed by atoms with Gasteiger partial charge in [-0.15, -0.1) is 0 Å². The summed E-state index contributed by atoms with van der Waals surface area (Å²) in [5.74, 6) is 0.803. The van der Waals surface area contributed by atoms with Crippen LogP contribution < -0.4 is 0 Å². The van der Waals surface area contributed by atoms with Crippen LogP contribution in [-0.2, 0) is 32.3 Å². The summed E-state index contributed by atoms with van der Waals surface area (Å²) in [5.41, 5.74) is 1.77. The first-order valence-corrected chi connectivity index (χ1v) is 9.73. The molecule has 0 radical (unpaired) electrons. The van der Waals surface area contributed by atoms with Crippen molar-refractivity contribution in [1.82, 2.24) is 4.31 Å². The fourth-order valence-corrected chi connectivity index (χ4v) is 4.19. The van der Waals surface area contributed by atoms with E-state index in [2.05, 4.69) is 0 Å². The normalized spacial score (nSPS) is 13.2. The zero-order valence-electron chi connectivity index (χ0n) is 12.6. The summed E-state index contributed by atoms with van der Waals surface area (Å²) in [6.07, 6.45) is 0. The number of hydrogen-bond donors (Lipinski definition) is 0. The maximum atomic E-state index is 12.2. The molecule has 0 saturated heterocycles. The van der Waals surface area contributed by atoms with Gasteiger partial charge < -0.3 is 0 Å². The molecule has 4 nitrogen and oxygen atoms in total. The highest BCUT2D eigenvalue weighted by Crippen LogP contribution is 2.16. The minimum absolute atomic E-state index is 0.228. The average Bonchev–Trinajstić information content (AvgIpc) is 2.48. The Kier molecular flexibility index (Phi) is 5.50. The van der Waals surface area contributed by atoms with E-state index in [1.54, 1.807) is 24.3 Å². The van der Waals surface area contributed by atoms with E-state index in [1.165, 1.54) is 18.4 Å². The van der Waals surface area contributed by atoms with Crippen molar-refractivity contribution in [2.75, 3.05) is 14.1 Å². The lowest BCUT2D eigenvalue weighted by Crippen LogP contribution is -2.22. The van der Waals surface area contributed by atoms with E-state index >= 15 is 0 Å². The number of sulfonamides is 1. The Labute approximate surface area is 134 Å². The first-order chi connectivity index (χ1) is 10.4. The zero-order chi connectivity index (χ0) is 16.2. The predicted molar refractivity (Wildman–Crippen MR) is 89.3 cm³/mol. The first kappa shape index (κ1) is 16.9. The maximum Gasteiger partial charge on any atom is 0.242 e. The minimum atomic E-state index is -3.46. The van der Waals surface area contributed by atoms with E-state index in [0.717, 1.165) is 11.1 Å². The van der Waals surface area contributed by atoms with Crippen LogP contribution in [0.5, 0.6) is 0 Å². The maximum absolute atomic E-state index is 12.2. The van der Waals surface area contributed by atoms with Crippen molar-refractivity contribution in [2.24, 2.45) is 0 Å². The third-order valence-electron chi connectivity index (χ3n) is 3.18. The fraction of sp³-hybridized carbons (Fsp3) is 0.250. The number of hydrogen-bond acceptors (Lipinski definition) is 3. The fourth-order valence-electron chi connectivity index (χ4n) is 2.00. The lowest BCUT2D eigenvalue weighted by Gasteiger charge is -2.12. The van der Waals surface area contributed by atoms with Gasteiger partial charge in [0.05, 0.1) is 4.90 Å². The minimum Gasteiger partial charge on any atom is -0.259 e. The molecular formula is C16H19NO3S2. The second kappa shape index (κ2) is 7.17. The molecule has 0 fully saturated rings. The van der Waals surface area contributed by atoms with Crippen LogP contribution in [0.3, 0.4) is 0 Å². The molecule has 0 aliphatic rings. The van der Waals surface area contributed by atoms with Gasteiger partial charge in [0.2, 0.25) is 10.0 Å². The Morgan fingerprint density at radius 3 is 2.14 bits per heavy atom. The molecule has 2 aromatic rings. The summed E-state index contributed by atoms with van der Waals surface area (Å²) in [7, 11) is -1.54. The van der Waals surface area contributed by atoms with Crippen molar-refractivity contribution in [3.05, 3.63) is 65.7 Å². The molecule has 0 bridgehead atoms. The van der Waals surface area contributed by atoms with E-state index in [9.17, 15) is 12.6 Å². The highest BCUT2D eigenvalue weighted by molar-refractivity contribution is 7.89. The third-order valence-corrected chi connectivity index (χ3v) is 6.30. The SMILES string of the molecule is CN(C)S(=O)(=O)c1cccc(CS(=O)Cc2ccccc2)c1. The van der Waals surface area contributed by atoms with Gasteiger partial charge in [-0.25, -0.2) is 12.7 Å². The van der Waals surface area contributed by atoms with Gasteiger partial charge in [0.15, 0.2) is 0 Å². The Hall–Kier alpha value is -1.50. The third kappa shape index (κ3) is 4.25. The Morgan fingerprint density at radius 2 is 1.50 bits per heavy atom. The smallest absolute Gasteiger partial charge is 0.242 e. The van der Waals surface area contributed by atoms with E-state index in [0.29, 0.717) is 11.5 Å². The average molecular weight is 337 g/mol. The van der Waals surface area contributed by atoms with Crippen LogP contribution in [0, 0.1) is 0 Å². The first-order valence-electron chi connectivity index (χ1n) is 6.80. The second-order valence-corrected chi connectivity index (χ2v) is 8.76. The van der Waals surface area contributed by atoms with Crippen LogP contribution in [0.25, 0.3) is 0 Å². The number of rotatable bonds is 6. The molecule has 22 heavy (non-hydrogen) atoms. The summed E-state index contributed by atoms with van der Waals surface area (Å²) in [4.78, 5) is 0.228. The van der Waals surface area contributed by atoms with Crippen molar-refractivity contribution in [2.45, 2.75) is 16.4 Å². The van der Waals surface area contributed by atoms with Gasteiger partial charge >= 0.3 is 0 Å². The second-order valence-electron chi connectivity index (χ2n) is 5.15. The molecule has 2 aromatic carbocycles. The topological polar surface area (TPSA) is 54.5 Å². The lowest BCUT2D eigenvalue weighted by molar-refractivity contribution is 0.520. The Bertz CT molecular complexity index is 756. The molecule has 0 aromatic heterocycles. The van der Waals surface area contributed by atoms with Gasteiger partial charge in [-0.3, -0.25) is 4.21 Å².